The summed E-state index contributed by atoms with van der Waals surface area (Å²) in [5, 5.41) is 15.8. The second-order valence-corrected chi connectivity index (χ2v) is 9.33. The van der Waals surface area contributed by atoms with Crippen LogP contribution in [0.4, 0.5) is 0 Å². The molecule has 5 aliphatic heterocycles. The Hall–Kier alpha value is 2.04. The molecule has 5 N–H and O–H groups in total. The Morgan fingerprint density at radius 1 is 0.488 bits per heavy atom. The van der Waals surface area contributed by atoms with Crippen molar-refractivity contribution in [3.63, 3.8) is 0 Å². The molecule has 0 unspecified atom stereocenters. The zero-order valence-electron chi connectivity index (χ0n) is 28.8. The van der Waals surface area contributed by atoms with Crippen molar-refractivity contribution in [2.45, 2.75) is 27.7 Å². The van der Waals surface area contributed by atoms with Crippen LogP contribution in [0.1, 0.15) is 27.7 Å². The van der Waals surface area contributed by atoms with Gasteiger partial charge in [0, 0.05) is 73.4 Å². The summed E-state index contributed by atoms with van der Waals surface area (Å²) in [6.45, 7) is 36.1. The molecule has 5 heterocycles. The van der Waals surface area contributed by atoms with Crippen LogP contribution < -0.4 is 26.6 Å². The van der Waals surface area contributed by atoms with Gasteiger partial charge in [0.1, 0.15) is 0 Å². The third-order valence-corrected chi connectivity index (χ3v) is 5.81. The SMILES string of the molecule is CC.CC.CN1CCNCC1.CN1CCNCC1.CN1C[CH-]N[CH-]C1.CN1[CH-]CNC[CH-]1.CN1[CH-]CN[CH-]C1.[V+2].[V+2].[V+2].[W]. The minimum atomic E-state index is 0. The number of hydrogen-bond donors (Lipinski definition) is 5. The van der Waals surface area contributed by atoms with E-state index >= 15 is 0 Å². The van der Waals surface area contributed by atoms with E-state index in [0.29, 0.717) is 0 Å². The molecule has 0 amide bonds. The summed E-state index contributed by atoms with van der Waals surface area (Å²) in [6.07, 6.45) is 0. The molecular formula is C29H66N10V3W. The van der Waals surface area contributed by atoms with Gasteiger partial charge in [-0.3, -0.25) is 39.3 Å². The molecule has 0 aromatic rings. The summed E-state index contributed by atoms with van der Waals surface area (Å²) < 4.78 is 0. The molecule has 0 bridgehead atoms. The number of rotatable bonds is 0. The standard InChI is InChI=1S/2C5H12N2.3C5H10N2.2C2H6.3V.W/c5*1-7-4-2-6-3-5-7;2*1-2;;;;/h2*6H,2-5H2,1H3;4-6H,2-3H2,1H3;2,5-6H,3-4H2,1H3;2-3,6H,4-5H2,1H3;2*1-2H3;;;;/q;;3*-2;;;3*+2;. The molecule has 5 rings (SSSR count). The Labute approximate surface area is 319 Å². The van der Waals surface area contributed by atoms with E-state index in [1.165, 1.54) is 26.2 Å². The first kappa shape index (κ1) is 57.3. The second kappa shape index (κ2) is 46.2. The van der Waals surface area contributed by atoms with Crippen LogP contribution in [-0.4, -0.2) is 151 Å². The molecule has 5 aliphatic rings. The van der Waals surface area contributed by atoms with E-state index in [2.05, 4.69) is 105 Å². The average molecular weight is 892 g/mol. The minimum absolute atomic E-state index is 0. The van der Waals surface area contributed by atoms with Crippen LogP contribution in [0.2, 0.25) is 0 Å². The molecule has 0 spiro atoms. The van der Waals surface area contributed by atoms with E-state index in [1.807, 2.05) is 47.8 Å². The zero-order chi connectivity index (χ0) is 29.6. The first-order valence-electron chi connectivity index (χ1n) is 15.0. The Bertz CT molecular complexity index is 357. The van der Waals surface area contributed by atoms with Crippen LogP contribution in [-0.2, 0) is 76.7 Å². The van der Waals surface area contributed by atoms with Crippen LogP contribution >= 0.6 is 0 Å². The fourth-order valence-electron chi connectivity index (χ4n) is 3.28. The molecule has 5 fully saturated rings. The molecule has 14 heteroatoms. The summed E-state index contributed by atoms with van der Waals surface area (Å²) in [5.41, 5.74) is 0. The van der Waals surface area contributed by atoms with Crippen molar-refractivity contribution in [1.29, 1.82) is 0 Å². The first-order valence-corrected chi connectivity index (χ1v) is 15.0. The molecular weight excluding hydrogens is 825 g/mol. The molecule has 5 saturated heterocycles. The van der Waals surface area contributed by atoms with Gasteiger partial charge in [-0.2, -0.15) is 0 Å². The Morgan fingerprint density at radius 2 is 0.907 bits per heavy atom. The van der Waals surface area contributed by atoms with Crippen molar-refractivity contribution in [2.24, 2.45) is 0 Å². The monoisotopic (exact) mass is 891 g/mol. The van der Waals surface area contributed by atoms with Gasteiger partial charge in [0.2, 0.25) is 0 Å². The van der Waals surface area contributed by atoms with Crippen LogP contribution in [0.5, 0.6) is 0 Å². The summed E-state index contributed by atoms with van der Waals surface area (Å²) in [6, 6.07) is 0. The quantitative estimate of drug-likeness (QED) is 0.224. The molecule has 3 radical (unpaired) electrons. The van der Waals surface area contributed by atoms with E-state index < -0.39 is 0 Å². The number of likely N-dealkylation sites (N-methyl/N-ethyl adjacent to an activating group) is 5. The Kier molecular flexibility index (Phi) is 61.5. The van der Waals surface area contributed by atoms with Crippen molar-refractivity contribution in [2.75, 3.05) is 127 Å². The predicted molar refractivity (Wildman–Crippen MR) is 171 cm³/mol. The van der Waals surface area contributed by atoms with Gasteiger partial charge in [0.05, 0.1) is 0 Å². The molecule has 0 aliphatic carbocycles. The molecule has 10 nitrogen and oxygen atoms in total. The molecule has 0 saturated carbocycles. The zero-order valence-corrected chi connectivity index (χ0v) is 36.0. The topological polar surface area (TPSA) is 76.4 Å². The van der Waals surface area contributed by atoms with Crippen LogP contribution in [0, 0.1) is 39.3 Å². The van der Waals surface area contributed by atoms with Gasteiger partial charge in [0.25, 0.3) is 0 Å². The molecule has 43 heavy (non-hydrogen) atoms. The Balaban J connectivity index is -0.0000000944. The number of piperazine rings is 5. The summed E-state index contributed by atoms with van der Waals surface area (Å²) in [5.74, 6) is 0. The number of nitrogens with one attached hydrogen (secondary N) is 5. The first-order chi connectivity index (χ1) is 19.0. The van der Waals surface area contributed by atoms with Gasteiger partial charge in [-0.1, -0.05) is 34.7 Å². The largest absolute Gasteiger partial charge is 2.00 e. The van der Waals surface area contributed by atoms with E-state index in [1.54, 1.807) is 0 Å². The van der Waals surface area contributed by atoms with Crippen molar-refractivity contribution >= 4 is 0 Å². The van der Waals surface area contributed by atoms with E-state index in [0.717, 1.165) is 65.4 Å². The second-order valence-electron chi connectivity index (χ2n) is 9.33. The fourth-order valence-corrected chi connectivity index (χ4v) is 3.28. The summed E-state index contributed by atoms with van der Waals surface area (Å²) >= 11 is 0. The van der Waals surface area contributed by atoms with Crippen molar-refractivity contribution < 1.29 is 76.7 Å². The normalized spacial score (nSPS) is 20.9. The fraction of sp³-hybridized carbons (Fsp3) is 0.793. The smallest absolute Gasteiger partial charge is 0.617 e. The molecule has 0 aromatic carbocycles. The third kappa shape index (κ3) is 44.0. The van der Waals surface area contributed by atoms with Crippen molar-refractivity contribution in [3.05, 3.63) is 39.3 Å². The maximum Gasteiger partial charge on any atom is 2.00 e. The minimum Gasteiger partial charge on any atom is -0.617 e. The van der Waals surface area contributed by atoms with Crippen LogP contribution in [0.25, 0.3) is 0 Å². The molecule has 253 valence electrons. The number of hydrogen-bond acceptors (Lipinski definition) is 10. The van der Waals surface area contributed by atoms with Gasteiger partial charge >= 0.3 is 55.7 Å². The van der Waals surface area contributed by atoms with Gasteiger partial charge in [-0.05, 0) is 28.2 Å². The Morgan fingerprint density at radius 3 is 1.09 bits per heavy atom. The van der Waals surface area contributed by atoms with Gasteiger partial charge in [-0.25, -0.2) is 0 Å². The third-order valence-electron chi connectivity index (χ3n) is 5.81. The van der Waals surface area contributed by atoms with E-state index in [-0.39, 0.29) is 76.7 Å². The number of nitrogens with zero attached hydrogens (tertiary/aromatic N) is 5. The molecule has 0 atom stereocenters. The predicted octanol–water partition coefficient (Wildman–Crippen LogP) is 0.620. The molecule has 0 aromatic heterocycles. The van der Waals surface area contributed by atoms with Crippen molar-refractivity contribution in [1.82, 2.24) is 51.1 Å². The van der Waals surface area contributed by atoms with Gasteiger partial charge < -0.3 is 51.1 Å². The summed E-state index contributed by atoms with van der Waals surface area (Å²) in [4.78, 5) is 11.1. The average Bonchev–Trinajstić information content (AvgIpc) is 2.99. The van der Waals surface area contributed by atoms with Crippen molar-refractivity contribution in [3.8, 4) is 0 Å². The maximum atomic E-state index is 3.27. The van der Waals surface area contributed by atoms with E-state index in [4.69, 9.17) is 0 Å². The van der Waals surface area contributed by atoms with Gasteiger partial charge in [-0.15, -0.1) is 39.3 Å². The van der Waals surface area contributed by atoms with E-state index in [9.17, 15) is 0 Å². The van der Waals surface area contributed by atoms with Gasteiger partial charge in [0.15, 0.2) is 0 Å². The van der Waals surface area contributed by atoms with Crippen LogP contribution in [0.15, 0.2) is 0 Å². The summed E-state index contributed by atoms with van der Waals surface area (Å²) in [7, 11) is 10.5. The maximum absolute atomic E-state index is 3.27. The van der Waals surface area contributed by atoms with Crippen LogP contribution in [0.3, 0.4) is 0 Å².